The zero-order valence-corrected chi connectivity index (χ0v) is 18.2. The average Bonchev–Trinajstić information content (AvgIpc) is 2.78. The molecule has 0 fully saturated rings. The summed E-state index contributed by atoms with van der Waals surface area (Å²) < 4.78 is 0. The zero-order valence-electron chi connectivity index (χ0n) is 18.2. The molecule has 0 radical (unpaired) electrons. The maximum atomic E-state index is 6.33. The van der Waals surface area contributed by atoms with Gasteiger partial charge in [-0.2, -0.15) is 4.98 Å². The van der Waals surface area contributed by atoms with Gasteiger partial charge in [0.25, 0.3) is 0 Å². The number of aromatic nitrogens is 2. The minimum Gasteiger partial charge on any atom is -0.381 e. The number of aryl methyl sites for hydroxylation is 1. The van der Waals surface area contributed by atoms with Crippen LogP contribution in [-0.4, -0.2) is 22.7 Å². The smallest absolute Gasteiger partial charge is 0.229 e. The first kappa shape index (κ1) is 23.3. The Bertz CT molecular complexity index is 998. The van der Waals surface area contributed by atoms with Gasteiger partial charge in [-0.3, -0.25) is 0 Å². The van der Waals surface area contributed by atoms with Gasteiger partial charge in [0.1, 0.15) is 5.82 Å². The fourth-order valence-corrected chi connectivity index (χ4v) is 2.64. The second kappa shape index (κ2) is 12.6. The lowest BCUT2D eigenvalue weighted by molar-refractivity contribution is 1.11. The third-order valence-electron chi connectivity index (χ3n) is 4.07. The number of anilines is 5. The Labute approximate surface area is 184 Å². The molecule has 0 bridgehead atoms. The largest absolute Gasteiger partial charge is 0.381 e. The van der Waals surface area contributed by atoms with Crippen LogP contribution in [0.15, 0.2) is 73.8 Å². The van der Waals surface area contributed by atoms with Crippen molar-refractivity contribution in [1.82, 2.24) is 9.97 Å². The lowest BCUT2D eigenvalue weighted by Gasteiger charge is -2.13. The van der Waals surface area contributed by atoms with E-state index >= 15 is 0 Å². The van der Waals surface area contributed by atoms with Gasteiger partial charge in [0.2, 0.25) is 5.95 Å². The van der Waals surface area contributed by atoms with Gasteiger partial charge in [-0.25, -0.2) is 4.98 Å². The van der Waals surface area contributed by atoms with Crippen molar-refractivity contribution in [3.05, 3.63) is 85.1 Å². The molecule has 160 valence electrons. The van der Waals surface area contributed by atoms with E-state index in [0.717, 1.165) is 40.6 Å². The van der Waals surface area contributed by atoms with Gasteiger partial charge >= 0.3 is 0 Å². The molecular formula is C25H30N6. The first-order valence-electron chi connectivity index (χ1n) is 10.1. The third kappa shape index (κ3) is 7.78. The molecule has 3 aromatic rings. The Kier molecular flexibility index (Phi) is 9.49. The van der Waals surface area contributed by atoms with Crippen LogP contribution < -0.4 is 16.0 Å². The van der Waals surface area contributed by atoms with Crippen LogP contribution in [0.4, 0.5) is 28.8 Å². The van der Waals surface area contributed by atoms with Crippen molar-refractivity contribution >= 4 is 41.1 Å². The Balaban J connectivity index is 0.000000785. The van der Waals surface area contributed by atoms with Gasteiger partial charge in [0, 0.05) is 35.4 Å². The molecule has 6 nitrogen and oxygen atoms in total. The summed E-state index contributed by atoms with van der Waals surface area (Å²) in [6.07, 6.45) is 5.88. The van der Waals surface area contributed by atoms with Crippen molar-refractivity contribution in [2.24, 2.45) is 0 Å². The predicted molar refractivity (Wildman–Crippen MR) is 134 cm³/mol. The van der Waals surface area contributed by atoms with Gasteiger partial charge in [-0.05, 0) is 55.5 Å². The Morgan fingerprint density at radius 1 is 0.968 bits per heavy atom. The van der Waals surface area contributed by atoms with Crippen molar-refractivity contribution in [3.8, 4) is 0 Å². The fourth-order valence-electron chi connectivity index (χ4n) is 2.64. The van der Waals surface area contributed by atoms with Crippen LogP contribution in [0, 0.1) is 12.3 Å². The number of nitrogens with zero attached hydrogens (tertiary/aromatic N) is 2. The molecule has 0 saturated heterocycles. The maximum Gasteiger partial charge on any atom is 0.229 e. The zero-order chi connectivity index (χ0) is 22.5. The average molecular weight is 415 g/mol. The third-order valence-corrected chi connectivity index (χ3v) is 4.07. The summed E-state index contributed by atoms with van der Waals surface area (Å²) in [5.41, 5.74) is 4.77. The number of para-hydroxylation sites is 1. The summed E-state index contributed by atoms with van der Waals surface area (Å²) in [5, 5.41) is 16.2. The van der Waals surface area contributed by atoms with Crippen LogP contribution in [0.2, 0.25) is 0 Å². The second-order valence-electron chi connectivity index (χ2n) is 6.62. The van der Waals surface area contributed by atoms with Crippen molar-refractivity contribution in [2.45, 2.75) is 20.3 Å². The molecule has 0 amide bonds. The van der Waals surface area contributed by atoms with Crippen LogP contribution in [-0.2, 0) is 0 Å². The summed E-state index contributed by atoms with van der Waals surface area (Å²) in [7, 11) is 0. The molecule has 31 heavy (non-hydrogen) atoms. The first-order chi connectivity index (χ1) is 15.1. The molecule has 0 unspecified atom stereocenters. The van der Waals surface area contributed by atoms with Crippen LogP contribution in [0.3, 0.4) is 0 Å². The Morgan fingerprint density at radius 3 is 2.35 bits per heavy atom. The molecular weight excluding hydrogens is 384 g/mol. The van der Waals surface area contributed by atoms with Crippen molar-refractivity contribution in [3.63, 3.8) is 0 Å². The summed E-state index contributed by atoms with van der Waals surface area (Å²) in [6.45, 7) is 12.2. The van der Waals surface area contributed by atoms with Crippen LogP contribution in [0.5, 0.6) is 0 Å². The van der Waals surface area contributed by atoms with Crippen molar-refractivity contribution in [2.75, 3.05) is 22.5 Å². The highest BCUT2D eigenvalue weighted by Gasteiger charge is 2.05. The topological polar surface area (TPSA) is 85.7 Å². The summed E-state index contributed by atoms with van der Waals surface area (Å²) in [5.74, 6) is 1.28. The molecule has 0 aliphatic carbocycles. The van der Waals surface area contributed by atoms with Crippen LogP contribution >= 0.6 is 0 Å². The number of hydrogen-bond donors (Lipinski definition) is 4. The molecule has 3 rings (SSSR count). The predicted octanol–water partition coefficient (Wildman–Crippen LogP) is 6.56. The van der Waals surface area contributed by atoms with E-state index < -0.39 is 0 Å². The normalized spacial score (nSPS) is 9.61. The van der Waals surface area contributed by atoms with Gasteiger partial charge in [0.05, 0.1) is 0 Å². The van der Waals surface area contributed by atoms with E-state index in [0.29, 0.717) is 12.5 Å². The fraction of sp³-hybridized carbons (Fsp3) is 0.160. The molecule has 4 N–H and O–H groups in total. The number of nitrogens with one attached hydrogen (secondary N) is 4. The highest BCUT2D eigenvalue weighted by atomic mass is 15.1. The van der Waals surface area contributed by atoms with E-state index in [1.165, 1.54) is 6.21 Å². The van der Waals surface area contributed by atoms with Crippen molar-refractivity contribution < 1.29 is 0 Å². The van der Waals surface area contributed by atoms with E-state index in [1.54, 1.807) is 0 Å². The van der Waals surface area contributed by atoms with Gasteiger partial charge in [0.15, 0.2) is 0 Å². The van der Waals surface area contributed by atoms with Gasteiger partial charge in [-0.1, -0.05) is 43.9 Å². The minimum atomic E-state index is 0.553. The maximum absolute atomic E-state index is 6.33. The molecule has 0 spiro atoms. The lowest BCUT2D eigenvalue weighted by Crippen LogP contribution is -2.03. The summed E-state index contributed by atoms with van der Waals surface area (Å²) in [4.78, 5) is 9.02. The molecule has 2 aromatic carbocycles. The second-order valence-corrected chi connectivity index (χ2v) is 6.62. The standard InChI is InChI=1S/C22H23N5.C3H7N/c1-4-13-23-20-12-11-19(15-17(20)5-2)25-21-14-16(3)24-22(27-21)26-18-9-7-6-8-10-18;1-2-3-4/h4-12,14-15,23H,1-2,13H2,3H3,(H2,24,25,26,27);3-4H,2H2,1H3. The van der Waals surface area contributed by atoms with E-state index in [1.807, 2.05) is 80.6 Å². The van der Waals surface area contributed by atoms with E-state index in [4.69, 9.17) is 5.41 Å². The van der Waals surface area contributed by atoms with E-state index in [9.17, 15) is 0 Å². The Hall–Kier alpha value is -3.93. The quantitative estimate of drug-likeness (QED) is 0.235. The SMILES string of the molecule is C=CCNc1ccc(Nc2cc(C)nc(Nc3ccccc3)n2)cc1C=C.CCC=N. The number of hydrogen-bond acceptors (Lipinski definition) is 6. The molecule has 0 saturated carbocycles. The number of rotatable bonds is 9. The van der Waals surface area contributed by atoms with Crippen LogP contribution in [0.1, 0.15) is 24.6 Å². The van der Waals surface area contributed by atoms with E-state index in [-0.39, 0.29) is 0 Å². The van der Waals surface area contributed by atoms with Gasteiger partial charge in [-0.15, -0.1) is 6.58 Å². The highest BCUT2D eigenvalue weighted by Crippen LogP contribution is 2.25. The molecule has 0 atom stereocenters. The van der Waals surface area contributed by atoms with Crippen LogP contribution in [0.25, 0.3) is 6.08 Å². The molecule has 1 heterocycles. The van der Waals surface area contributed by atoms with E-state index in [2.05, 4.69) is 39.1 Å². The highest BCUT2D eigenvalue weighted by molar-refractivity contribution is 5.72. The summed E-state index contributed by atoms with van der Waals surface area (Å²) in [6, 6.07) is 17.8. The molecule has 1 aromatic heterocycles. The van der Waals surface area contributed by atoms with Crippen molar-refractivity contribution in [1.29, 1.82) is 5.41 Å². The first-order valence-corrected chi connectivity index (χ1v) is 10.1. The minimum absolute atomic E-state index is 0.553. The molecule has 6 heteroatoms. The van der Waals surface area contributed by atoms with Gasteiger partial charge < -0.3 is 21.4 Å². The number of benzene rings is 2. The Morgan fingerprint density at radius 2 is 1.71 bits per heavy atom. The summed E-state index contributed by atoms with van der Waals surface area (Å²) >= 11 is 0. The molecule has 0 aliphatic heterocycles. The molecule has 0 aliphatic rings. The monoisotopic (exact) mass is 414 g/mol. The lowest BCUT2D eigenvalue weighted by atomic mass is 10.1.